The monoisotopic (exact) mass is 407 g/mol. The van der Waals surface area contributed by atoms with E-state index in [4.69, 9.17) is 5.73 Å². The number of benzene rings is 1. The maximum absolute atomic E-state index is 14.3. The second-order valence-electron chi connectivity index (χ2n) is 7.37. The van der Waals surface area contributed by atoms with Crippen molar-refractivity contribution in [2.24, 2.45) is 0 Å². The molecule has 0 bridgehead atoms. The highest BCUT2D eigenvalue weighted by Gasteiger charge is 2.25. The summed E-state index contributed by atoms with van der Waals surface area (Å²) in [7, 11) is 0. The molecule has 2 fully saturated rings. The van der Waals surface area contributed by atoms with Crippen LogP contribution in [0.25, 0.3) is 11.7 Å². The summed E-state index contributed by atoms with van der Waals surface area (Å²) in [6.07, 6.45) is 5.30. The number of amides is 2. The summed E-state index contributed by atoms with van der Waals surface area (Å²) in [5.41, 5.74) is 7.57. The van der Waals surface area contributed by atoms with Crippen LogP contribution in [-0.4, -0.2) is 32.5 Å². The molecule has 1 aliphatic heterocycles. The molecule has 1 saturated heterocycles. The van der Waals surface area contributed by atoms with Gasteiger partial charge in [-0.1, -0.05) is 0 Å². The zero-order valence-electron chi connectivity index (χ0n) is 15.8. The highest BCUT2D eigenvalue weighted by atomic mass is 19.1. The minimum atomic E-state index is -0.495. The second kappa shape index (κ2) is 6.83. The van der Waals surface area contributed by atoms with E-state index in [0.717, 1.165) is 12.8 Å². The van der Waals surface area contributed by atoms with Crippen LogP contribution in [0.1, 0.15) is 24.8 Å². The molecule has 0 radical (unpaired) electrons. The van der Waals surface area contributed by atoms with Crippen LogP contribution >= 0.6 is 0 Å². The number of fused-ring (bicyclic) bond motifs is 1. The van der Waals surface area contributed by atoms with Gasteiger partial charge in [0.2, 0.25) is 5.91 Å². The van der Waals surface area contributed by atoms with Crippen LogP contribution in [-0.2, 0) is 9.59 Å². The molecule has 5 rings (SSSR count). The van der Waals surface area contributed by atoms with Gasteiger partial charge in [-0.3, -0.25) is 14.9 Å². The summed E-state index contributed by atoms with van der Waals surface area (Å²) in [6.45, 7) is 0. The van der Waals surface area contributed by atoms with Crippen LogP contribution in [0, 0.1) is 5.82 Å². The van der Waals surface area contributed by atoms with E-state index in [9.17, 15) is 14.0 Å². The number of rotatable bonds is 5. The zero-order valence-corrected chi connectivity index (χ0v) is 15.8. The Labute approximate surface area is 170 Å². The molecule has 9 nitrogen and oxygen atoms in total. The predicted molar refractivity (Wildman–Crippen MR) is 109 cm³/mol. The van der Waals surface area contributed by atoms with Gasteiger partial charge in [0.05, 0.1) is 18.3 Å². The third-order valence-corrected chi connectivity index (χ3v) is 4.91. The Hall–Kier alpha value is -3.95. The molecule has 3 heterocycles. The van der Waals surface area contributed by atoms with Gasteiger partial charge >= 0.3 is 0 Å². The molecule has 0 unspecified atom stereocenters. The van der Waals surface area contributed by atoms with Crippen molar-refractivity contribution >= 4 is 46.5 Å². The van der Waals surface area contributed by atoms with Crippen molar-refractivity contribution in [2.45, 2.75) is 25.3 Å². The topological polar surface area (TPSA) is 126 Å². The molecule has 2 aliphatic rings. The Morgan fingerprint density at radius 1 is 1.27 bits per heavy atom. The lowest BCUT2D eigenvalue weighted by molar-refractivity contribution is -0.124. The second-order valence-corrected chi connectivity index (χ2v) is 7.37. The number of carbonyl (C=O) groups is 2. The van der Waals surface area contributed by atoms with Crippen LogP contribution in [0.3, 0.4) is 0 Å². The summed E-state index contributed by atoms with van der Waals surface area (Å²) in [5.74, 6) is -0.161. The van der Waals surface area contributed by atoms with Crippen LogP contribution in [0.4, 0.5) is 27.4 Å². The Morgan fingerprint density at radius 3 is 2.80 bits per heavy atom. The van der Waals surface area contributed by atoms with E-state index in [0.29, 0.717) is 40.1 Å². The molecular weight excluding hydrogens is 389 g/mol. The van der Waals surface area contributed by atoms with Crippen molar-refractivity contribution in [2.75, 3.05) is 16.4 Å². The van der Waals surface area contributed by atoms with E-state index in [1.54, 1.807) is 28.9 Å². The third-order valence-electron chi connectivity index (χ3n) is 4.91. The largest absolute Gasteiger partial charge is 0.399 e. The molecule has 3 aromatic rings. The Bertz CT molecular complexity index is 1230. The number of nitrogens with zero attached hydrogens (tertiary/aromatic N) is 3. The van der Waals surface area contributed by atoms with Gasteiger partial charge < -0.3 is 16.4 Å². The van der Waals surface area contributed by atoms with Gasteiger partial charge in [0.25, 0.3) is 5.91 Å². The van der Waals surface area contributed by atoms with Gasteiger partial charge in [0.1, 0.15) is 17.5 Å². The summed E-state index contributed by atoms with van der Waals surface area (Å²) in [5, 5.41) is 13.0. The SMILES string of the molecule is Nc1ccc(Nc2cc(NC3CC3)n3ncc(/C=C4\CC(=O)NC4=O)c3n2)c(F)c1. The highest BCUT2D eigenvalue weighted by Crippen LogP contribution is 2.29. The summed E-state index contributed by atoms with van der Waals surface area (Å²) in [4.78, 5) is 28.0. The quantitative estimate of drug-likeness (QED) is 0.290. The molecular formula is C20H18FN7O2. The van der Waals surface area contributed by atoms with Gasteiger partial charge in [-0.15, -0.1) is 0 Å². The van der Waals surface area contributed by atoms with E-state index in [-0.39, 0.29) is 18.0 Å². The first kappa shape index (κ1) is 18.1. The van der Waals surface area contributed by atoms with Crippen molar-refractivity contribution in [3.05, 3.63) is 47.4 Å². The molecule has 2 aromatic heterocycles. The maximum Gasteiger partial charge on any atom is 0.254 e. The number of nitrogens with two attached hydrogens (primary N) is 1. The minimum Gasteiger partial charge on any atom is -0.399 e. The number of nitrogens with one attached hydrogen (secondary N) is 3. The van der Waals surface area contributed by atoms with Crippen molar-refractivity contribution in [3.8, 4) is 0 Å². The van der Waals surface area contributed by atoms with E-state index in [2.05, 4.69) is 26.0 Å². The lowest BCUT2D eigenvalue weighted by Crippen LogP contribution is -2.19. The molecule has 2 amide bonds. The minimum absolute atomic E-state index is 0.0118. The van der Waals surface area contributed by atoms with Gasteiger partial charge in [-0.25, -0.2) is 9.37 Å². The van der Waals surface area contributed by atoms with Gasteiger partial charge in [0, 0.05) is 28.9 Å². The first-order valence-corrected chi connectivity index (χ1v) is 9.48. The fourth-order valence-corrected chi connectivity index (χ4v) is 3.26. The molecule has 1 aromatic carbocycles. The molecule has 152 valence electrons. The summed E-state index contributed by atoms with van der Waals surface area (Å²) >= 11 is 0. The molecule has 1 aliphatic carbocycles. The Kier molecular flexibility index (Phi) is 4.12. The maximum atomic E-state index is 14.3. The van der Waals surface area contributed by atoms with E-state index < -0.39 is 11.7 Å². The van der Waals surface area contributed by atoms with Gasteiger partial charge in [0.15, 0.2) is 5.65 Å². The van der Waals surface area contributed by atoms with Crippen LogP contribution in [0.5, 0.6) is 0 Å². The fraction of sp³-hybridized carbons (Fsp3) is 0.200. The van der Waals surface area contributed by atoms with Crippen molar-refractivity contribution < 1.29 is 14.0 Å². The summed E-state index contributed by atoms with van der Waals surface area (Å²) in [6, 6.07) is 6.46. The Morgan fingerprint density at radius 2 is 2.10 bits per heavy atom. The molecule has 30 heavy (non-hydrogen) atoms. The van der Waals surface area contributed by atoms with E-state index in [1.165, 1.54) is 12.1 Å². The van der Waals surface area contributed by atoms with Crippen molar-refractivity contribution in [1.29, 1.82) is 0 Å². The highest BCUT2D eigenvalue weighted by molar-refractivity contribution is 6.15. The van der Waals surface area contributed by atoms with Gasteiger partial charge in [-0.2, -0.15) is 9.61 Å². The Balaban J connectivity index is 1.58. The summed E-state index contributed by atoms with van der Waals surface area (Å²) < 4.78 is 15.9. The number of carbonyl (C=O) groups excluding carboxylic acids is 2. The number of anilines is 4. The lowest BCUT2D eigenvalue weighted by atomic mass is 10.1. The van der Waals surface area contributed by atoms with Crippen LogP contribution in [0.2, 0.25) is 0 Å². The third kappa shape index (κ3) is 3.43. The molecule has 0 spiro atoms. The first-order valence-electron chi connectivity index (χ1n) is 9.48. The zero-order chi connectivity index (χ0) is 20.8. The number of nitrogen functional groups attached to an aromatic ring is 1. The first-order chi connectivity index (χ1) is 14.5. The van der Waals surface area contributed by atoms with Crippen molar-refractivity contribution in [1.82, 2.24) is 19.9 Å². The number of halogens is 1. The number of hydrogen-bond donors (Lipinski definition) is 4. The molecule has 5 N–H and O–H groups in total. The number of hydrogen-bond acceptors (Lipinski definition) is 7. The number of imide groups is 1. The normalized spacial score (nSPS) is 17.6. The van der Waals surface area contributed by atoms with Gasteiger partial charge in [-0.05, 0) is 37.1 Å². The number of aromatic nitrogens is 3. The average Bonchev–Trinajstić information content (AvgIpc) is 3.33. The predicted octanol–water partition coefficient (Wildman–Crippen LogP) is 2.20. The average molecular weight is 407 g/mol. The molecule has 10 heteroatoms. The van der Waals surface area contributed by atoms with E-state index in [1.807, 2.05) is 0 Å². The van der Waals surface area contributed by atoms with Crippen LogP contribution < -0.4 is 21.7 Å². The van der Waals surface area contributed by atoms with Crippen molar-refractivity contribution in [3.63, 3.8) is 0 Å². The molecule has 0 atom stereocenters. The lowest BCUT2D eigenvalue weighted by Gasteiger charge is -2.12. The van der Waals surface area contributed by atoms with Crippen LogP contribution in [0.15, 0.2) is 36.0 Å². The standard InChI is InChI=1S/C20H18FN7O2/c21-14-7-12(22)1-4-15(14)25-16-8-17(24-13-2-3-13)28-19(26-16)11(9-23-28)5-10-6-18(29)27-20(10)30/h1,4-5,7-9,13,24H,2-3,6,22H2,(H,25,26)(H,27,29,30)/b10-5+. The molecule has 1 saturated carbocycles. The smallest absolute Gasteiger partial charge is 0.254 e. The fourth-order valence-electron chi connectivity index (χ4n) is 3.26. The van der Waals surface area contributed by atoms with E-state index >= 15 is 0 Å².